The number of nitrogens with zero attached hydrogens (tertiary/aromatic N) is 1. The zero-order chi connectivity index (χ0) is 15.4. The van der Waals surface area contributed by atoms with Crippen LogP contribution in [0.2, 0.25) is 5.02 Å². The molecule has 110 valence electrons. The Bertz CT molecular complexity index is 687. The molecule has 0 aliphatic carbocycles. The minimum atomic E-state index is -0.450. The van der Waals surface area contributed by atoms with Crippen LogP contribution in [0.25, 0.3) is 0 Å². The average Bonchev–Trinajstić information content (AvgIpc) is 2.78. The highest BCUT2D eigenvalue weighted by atomic mass is 35.5. The SMILES string of the molecule is CNC(=O)c1sc(NC(=O)Nc2cccc(Cl)c2)nc1C. The van der Waals surface area contributed by atoms with E-state index in [1.807, 2.05) is 0 Å². The second kappa shape index (κ2) is 6.55. The minimum Gasteiger partial charge on any atom is -0.354 e. The van der Waals surface area contributed by atoms with Crippen LogP contribution in [0.5, 0.6) is 0 Å². The summed E-state index contributed by atoms with van der Waals surface area (Å²) in [6.07, 6.45) is 0. The van der Waals surface area contributed by atoms with Crippen molar-refractivity contribution in [2.45, 2.75) is 6.92 Å². The molecule has 1 heterocycles. The molecule has 8 heteroatoms. The average molecular weight is 325 g/mol. The molecule has 0 saturated heterocycles. The molecule has 6 nitrogen and oxygen atoms in total. The molecule has 0 fully saturated rings. The molecule has 0 radical (unpaired) electrons. The third-order valence-electron chi connectivity index (χ3n) is 2.53. The predicted molar refractivity (Wildman–Crippen MR) is 84.3 cm³/mol. The number of aromatic nitrogens is 1. The molecule has 0 bridgehead atoms. The van der Waals surface area contributed by atoms with Gasteiger partial charge in [0.2, 0.25) is 0 Å². The van der Waals surface area contributed by atoms with E-state index in [2.05, 4.69) is 20.9 Å². The standard InChI is InChI=1S/C13H13ClN4O2S/c1-7-10(11(19)15-2)21-13(16-7)18-12(20)17-9-5-3-4-8(14)6-9/h3-6H,1-2H3,(H,15,19)(H2,16,17,18,20). The van der Waals surface area contributed by atoms with Gasteiger partial charge in [0.05, 0.1) is 5.69 Å². The van der Waals surface area contributed by atoms with E-state index in [1.54, 1.807) is 38.2 Å². The van der Waals surface area contributed by atoms with E-state index >= 15 is 0 Å². The molecule has 21 heavy (non-hydrogen) atoms. The number of benzene rings is 1. The maximum absolute atomic E-state index is 11.9. The maximum Gasteiger partial charge on any atom is 0.325 e. The van der Waals surface area contributed by atoms with Crippen molar-refractivity contribution in [1.82, 2.24) is 10.3 Å². The lowest BCUT2D eigenvalue weighted by Crippen LogP contribution is -2.19. The van der Waals surface area contributed by atoms with Crippen LogP contribution in [-0.2, 0) is 0 Å². The third kappa shape index (κ3) is 3.93. The van der Waals surface area contributed by atoms with E-state index in [4.69, 9.17) is 11.6 Å². The number of aryl methyl sites for hydroxylation is 1. The summed E-state index contributed by atoms with van der Waals surface area (Å²) >= 11 is 6.95. The predicted octanol–water partition coefficient (Wildman–Crippen LogP) is 3.11. The fraction of sp³-hybridized carbons (Fsp3) is 0.154. The van der Waals surface area contributed by atoms with Crippen LogP contribution in [-0.4, -0.2) is 24.0 Å². The van der Waals surface area contributed by atoms with Crippen molar-refractivity contribution in [2.24, 2.45) is 0 Å². The molecule has 3 amide bonds. The number of urea groups is 1. The first-order chi connectivity index (χ1) is 9.99. The van der Waals surface area contributed by atoms with Gasteiger partial charge < -0.3 is 10.6 Å². The number of anilines is 2. The Morgan fingerprint density at radius 1 is 1.29 bits per heavy atom. The highest BCUT2D eigenvalue weighted by molar-refractivity contribution is 7.17. The van der Waals surface area contributed by atoms with Crippen molar-refractivity contribution in [1.29, 1.82) is 0 Å². The van der Waals surface area contributed by atoms with Crippen LogP contribution in [0.4, 0.5) is 15.6 Å². The Morgan fingerprint density at radius 3 is 2.71 bits per heavy atom. The van der Waals surface area contributed by atoms with Gasteiger partial charge in [-0.15, -0.1) is 0 Å². The van der Waals surface area contributed by atoms with Crippen molar-refractivity contribution in [3.8, 4) is 0 Å². The summed E-state index contributed by atoms with van der Waals surface area (Å²) in [4.78, 5) is 28.0. The molecule has 1 aromatic carbocycles. The van der Waals surface area contributed by atoms with Crippen LogP contribution in [0.15, 0.2) is 24.3 Å². The van der Waals surface area contributed by atoms with Crippen molar-refractivity contribution in [3.05, 3.63) is 39.9 Å². The molecule has 0 atom stereocenters. The smallest absolute Gasteiger partial charge is 0.325 e. The lowest BCUT2D eigenvalue weighted by molar-refractivity contribution is 0.0966. The first kappa shape index (κ1) is 15.3. The van der Waals surface area contributed by atoms with Gasteiger partial charge in [-0.25, -0.2) is 9.78 Å². The monoisotopic (exact) mass is 324 g/mol. The number of hydrogen-bond acceptors (Lipinski definition) is 4. The number of thiazole rings is 1. The minimum absolute atomic E-state index is 0.228. The number of amides is 3. The molecule has 0 spiro atoms. The highest BCUT2D eigenvalue weighted by Gasteiger charge is 2.15. The number of carbonyl (C=O) groups is 2. The molecule has 3 N–H and O–H groups in total. The van der Waals surface area contributed by atoms with Gasteiger partial charge >= 0.3 is 6.03 Å². The first-order valence-corrected chi connectivity index (χ1v) is 7.22. The van der Waals surface area contributed by atoms with Crippen molar-refractivity contribution >= 4 is 45.7 Å². The largest absolute Gasteiger partial charge is 0.354 e. The quantitative estimate of drug-likeness (QED) is 0.811. The summed E-state index contributed by atoms with van der Waals surface area (Å²) in [5.41, 5.74) is 1.14. The molecular formula is C13H13ClN4O2S. The molecule has 2 rings (SSSR count). The lowest BCUT2D eigenvalue weighted by atomic mass is 10.3. The van der Waals surface area contributed by atoms with E-state index < -0.39 is 6.03 Å². The summed E-state index contributed by atoms with van der Waals surface area (Å²) in [6.45, 7) is 1.71. The molecule has 2 aromatic rings. The fourth-order valence-corrected chi connectivity index (χ4v) is 2.70. The van der Waals surface area contributed by atoms with E-state index in [9.17, 15) is 9.59 Å². The fourth-order valence-electron chi connectivity index (χ4n) is 1.60. The van der Waals surface area contributed by atoms with Crippen molar-refractivity contribution in [2.75, 3.05) is 17.7 Å². The van der Waals surface area contributed by atoms with Gasteiger partial charge in [0.15, 0.2) is 5.13 Å². The Labute approximate surface area is 130 Å². The van der Waals surface area contributed by atoms with Gasteiger partial charge in [-0.3, -0.25) is 10.1 Å². The van der Waals surface area contributed by atoms with Gasteiger partial charge in [0.1, 0.15) is 4.88 Å². The summed E-state index contributed by atoms with van der Waals surface area (Å²) in [5.74, 6) is -0.228. The molecule has 0 aliphatic heterocycles. The normalized spacial score (nSPS) is 10.0. The molecule has 1 aromatic heterocycles. The zero-order valence-corrected chi connectivity index (χ0v) is 12.9. The third-order valence-corrected chi connectivity index (χ3v) is 3.84. The second-order valence-corrected chi connectivity index (χ2v) is 5.54. The lowest BCUT2D eigenvalue weighted by Gasteiger charge is -2.05. The number of halogens is 1. The van der Waals surface area contributed by atoms with Crippen molar-refractivity contribution < 1.29 is 9.59 Å². The van der Waals surface area contributed by atoms with Crippen LogP contribution in [0.3, 0.4) is 0 Å². The van der Waals surface area contributed by atoms with Gasteiger partial charge in [0.25, 0.3) is 5.91 Å². The van der Waals surface area contributed by atoms with Gasteiger partial charge in [-0.05, 0) is 25.1 Å². The summed E-state index contributed by atoms with van der Waals surface area (Å²) in [6, 6.07) is 6.34. The molecular weight excluding hydrogens is 312 g/mol. The number of carbonyl (C=O) groups excluding carboxylic acids is 2. The zero-order valence-electron chi connectivity index (χ0n) is 11.4. The Balaban J connectivity index is 2.05. The Morgan fingerprint density at radius 2 is 2.05 bits per heavy atom. The number of rotatable bonds is 3. The highest BCUT2D eigenvalue weighted by Crippen LogP contribution is 2.22. The summed E-state index contributed by atoms with van der Waals surface area (Å²) in [5, 5.41) is 8.62. The van der Waals surface area contributed by atoms with E-state index in [0.29, 0.717) is 26.4 Å². The van der Waals surface area contributed by atoms with E-state index in [-0.39, 0.29) is 5.91 Å². The van der Waals surface area contributed by atoms with E-state index in [0.717, 1.165) is 11.3 Å². The van der Waals surface area contributed by atoms with Gasteiger partial charge in [0, 0.05) is 17.8 Å². The van der Waals surface area contributed by atoms with Gasteiger partial charge in [-0.2, -0.15) is 0 Å². The van der Waals surface area contributed by atoms with Gasteiger partial charge in [-0.1, -0.05) is 29.0 Å². The summed E-state index contributed by atoms with van der Waals surface area (Å²) in [7, 11) is 1.54. The Kier molecular flexibility index (Phi) is 4.77. The van der Waals surface area contributed by atoms with Crippen LogP contribution >= 0.6 is 22.9 Å². The molecule has 0 saturated carbocycles. The topological polar surface area (TPSA) is 83.1 Å². The van der Waals surface area contributed by atoms with Crippen LogP contribution < -0.4 is 16.0 Å². The van der Waals surface area contributed by atoms with Crippen LogP contribution in [0.1, 0.15) is 15.4 Å². The number of hydrogen-bond donors (Lipinski definition) is 3. The van der Waals surface area contributed by atoms with E-state index in [1.165, 1.54) is 0 Å². The molecule has 0 unspecified atom stereocenters. The first-order valence-electron chi connectivity index (χ1n) is 6.02. The Hall–Kier alpha value is -2.12. The second-order valence-electron chi connectivity index (χ2n) is 4.10. The van der Waals surface area contributed by atoms with Crippen LogP contribution in [0, 0.1) is 6.92 Å². The van der Waals surface area contributed by atoms with Crippen molar-refractivity contribution in [3.63, 3.8) is 0 Å². The maximum atomic E-state index is 11.9. The molecule has 0 aliphatic rings. The summed E-state index contributed by atoms with van der Waals surface area (Å²) < 4.78 is 0. The number of nitrogens with one attached hydrogen (secondary N) is 3.